The molecule has 1 aromatic carbocycles. The SMILES string of the molecule is O=C1OC[C@@H](c2nc(F)cn2-c2ccc(F)c(Cl)c2)N1c1cc(C(F)(F)F)c2ccsc2n1. The second-order valence-electron chi connectivity index (χ2n) is 7.02. The second kappa shape index (κ2) is 7.66. The normalized spacial score (nSPS) is 16.6. The summed E-state index contributed by atoms with van der Waals surface area (Å²) in [6.45, 7) is -0.324. The minimum Gasteiger partial charge on any atom is -0.446 e. The maximum atomic E-state index is 14.2. The zero-order valence-electron chi connectivity index (χ0n) is 16.1. The van der Waals surface area contributed by atoms with Crippen LogP contribution in [0.1, 0.15) is 17.4 Å². The first kappa shape index (κ1) is 21.6. The van der Waals surface area contributed by atoms with E-state index in [1.807, 2.05) is 0 Å². The van der Waals surface area contributed by atoms with Crippen molar-refractivity contribution in [1.29, 1.82) is 0 Å². The minimum absolute atomic E-state index is 0.0670. The molecule has 170 valence electrons. The molecule has 1 aliphatic heterocycles. The predicted octanol–water partition coefficient (Wildman–Crippen LogP) is 6.13. The van der Waals surface area contributed by atoms with E-state index in [2.05, 4.69) is 9.97 Å². The zero-order chi connectivity index (χ0) is 23.5. The first-order valence-electron chi connectivity index (χ1n) is 9.25. The Kier molecular flexibility index (Phi) is 5.01. The summed E-state index contributed by atoms with van der Waals surface area (Å²) in [6, 6.07) is 4.52. The van der Waals surface area contributed by atoms with E-state index >= 15 is 0 Å². The molecule has 0 N–H and O–H groups in total. The van der Waals surface area contributed by atoms with Crippen molar-refractivity contribution >= 4 is 45.1 Å². The Morgan fingerprint density at radius 1 is 1.15 bits per heavy atom. The number of alkyl halides is 3. The number of aromatic nitrogens is 3. The number of halogens is 6. The third-order valence-corrected chi connectivity index (χ3v) is 6.13. The lowest BCUT2D eigenvalue weighted by Gasteiger charge is -2.22. The van der Waals surface area contributed by atoms with Gasteiger partial charge >= 0.3 is 12.3 Å². The molecule has 1 saturated heterocycles. The molecule has 0 spiro atoms. The Balaban J connectivity index is 1.65. The van der Waals surface area contributed by atoms with Gasteiger partial charge in [-0.15, -0.1) is 11.3 Å². The summed E-state index contributed by atoms with van der Waals surface area (Å²) < 4.78 is 75.1. The highest BCUT2D eigenvalue weighted by molar-refractivity contribution is 7.16. The Labute approximate surface area is 190 Å². The van der Waals surface area contributed by atoms with Crippen LogP contribution in [-0.2, 0) is 10.9 Å². The molecule has 13 heteroatoms. The summed E-state index contributed by atoms with van der Waals surface area (Å²) in [4.78, 5) is 21.5. The van der Waals surface area contributed by atoms with E-state index < -0.39 is 35.6 Å². The minimum atomic E-state index is -4.70. The summed E-state index contributed by atoms with van der Waals surface area (Å²) in [5, 5.41) is 1.12. The number of amides is 1. The standard InChI is InChI=1S/C20H10ClF5N4O2S/c21-12-5-9(1-2-13(12)22)29-7-15(23)27-17(29)14-8-32-19(31)30(14)16-6-11(20(24,25)26)10-3-4-33-18(10)28-16/h1-7,14H,8H2/t14-/m0/s1. The number of benzene rings is 1. The molecule has 0 radical (unpaired) electrons. The van der Waals surface area contributed by atoms with E-state index in [1.165, 1.54) is 28.1 Å². The summed E-state index contributed by atoms with van der Waals surface area (Å²) in [5.41, 5.74) is -0.744. The number of imidazole rings is 1. The Hall–Kier alpha value is -3.25. The highest BCUT2D eigenvalue weighted by Gasteiger charge is 2.42. The van der Waals surface area contributed by atoms with Crippen molar-refractivity contribution in [2.45, 2.75) is 12.2 Å². The monoisotopic (exact) mass is 500 g/mol. The summed E-state index contributed by atoms with van der Waals surface area (Å²) >= 11 is 6.80. The highest BCUT2D eigenvalue weighted by atomic mass is 35.5. The number of thiophene rings is 1. The molecule has 0 unspecified atom stereocenters. The fourth-order valence-corrected chi connectivity index (χ4v) is 4.56. The fraction of sp³-hybridized carbons (Fsp3) is 0.150. The van der Waals surface area contributed by atoms with Crippen molar-refractivity contribution in [1.82, 2.24) is 14.5 Å². The van der Waals surface area contributed by atoms with Crippen LogP contribution in [0, 0.1) is 11.8 Å². The molecule has 0 saturated carbocycles. The Bertz CT molecular complexity index is 1400. The summed E-state index contributed by atoms with van der Waals surface area (Å²) in [6.07, 6.45) is -4.69. The molecular formula is C20H10ClF5N4O2S. The molecule has 33 heavy (non-hydrogen) atoms. The molecule has 1 amide bonds. The lowest BCUT2D eigenvalue weighted by Crippen LogP contribution is -2.30. The van der Waals surface area contributed by atoms with Crippen molar-refractivity contribution < 1.29 is 31.5 Å². The molecular weight excluding hydrogens is 491 g/mol. The number of rotatable bonds is 3. The van der Waals surface area contributed by atoms with Crippen molar-refractivity contribution in [3.8, 4) is 5.69 Å². The molecule has 0 aliphatic carbocycles. The van der Waals surface area contributed by atoms with E-state index in [0.29, 0.717) is 0 Å². The molecule has 5 rings (SSSR count). The van der Waals surface area contributed by atoms with Gasteiger partial charge in [-0.2, -0.15) is 17.6 Å². The average Bonchev–Trinajstić information content (AvgIpc) is 3.46. The van der Waals surface area contributed by atoms with E-state index in [1.54, 1.807) is 0 Å². The van der Waals surface area contributed by atoms with Gasteiger partial charge in [0.25, 0.3) is 0 Å². The molecule has 1 atom stereocenters. The van der Waals surface area contributed by atoms with Crippen LogP contribution in [0.25, 0.3) is 15.9 Å². The van der Waals surface area contributed by atoms with E-state index in [4.69, 9.17) is 16.3 Å². The largest absolute Gasteiger partial charge is 0.446 e. The molecule has 4 aromatic rings. The Morgan fingerprint density at radius 2 is 1.94 bits per heavy atom. The van der Waals surface area contributed by atoms with Crippen LogP contribution >= 0.6 is 22.9 Å². The quantitative estimate of drug-likeness (QED) is 0.317. The van der Waals surface area contributed by atoms with E-state index in [-0.39, 0.29) is 39.2 Å². The number of carbonyl (C=O) groups is 1. The third-order valence-electron chi connectivity index (χ3n) is 5.03. The number of cyclic esters (lactones) is 1. The number of fused-ring (bicyclic) bond motifs is 1. The van der Waals surface area contributed by atoms with Crippen LogP contribution < -0.4 is 4.90 Å². The highest BCUT2D eigenvalue weighted by Crippen LogP contribution is 2.41. The maximum Gasteiger partial charge on any atom is 0.417 e. The lowest BCUT2D eigenvalue weighted by atomic mass is 10.1. The van der Waals surface area contributed by atoms with Gasteiger partial charge in [0.2, 0.25) is 5.95 Å². The van der Waals surface area contributed by atoms with Gasteiger partial charge in [-0.05, 0) is 35.7 Å². The average molecular weight is 501 g/mol. The molecule has 4 heterocycles. The van der Waals surface area contributed by atoms with E-state index in [9.17, 15) is 26.7 Å². The van der Waals surface area contributed by atoms with Gasteiger partial charge < -0.3 is 4.74 Å². The van der Waals surface area contributed by atoms with Crippen LogP contribution in [0.2, 0.25) is 5.02 Å². The van der Waals surface area contributed by atoms with Gasteiger partial charge in [0, 0.05) is 11.1 Å². The van der Waals surface area contributed by atoms with Crippen LogP contribution in [-0.4, -0.2) is 27.2 Å². The number of nitrogens with zero attached hydrogens (tertiary/aromatic N) is 4. The van der Waals surface area contributed by atoms with E-state index in [0.717, 1.165) is 34.6 Å². The van der Waals surface area contributed by atoms with Crippen LogP contribution in [0.3, 0.4) is 0 Å². The molecule has 3 aromatic heterocycles. The van der Waals surface area contributed by atoms with Gasteiger partial charge in [0.15, 0.2) is 0 Å². The number of hydrogen-bond donors (Lipinski definition) is 0. The van der Waals surface area contributed by atoms with Crippen molar-refractivity contribution in [2.75, 3.05) is 11.5 Å². The van der Waals surface area contributed by atoms with Crippen LogP contribution in [0.5, 0.6) is 0 Å². The molecule has 1 fully saturated rings. The van der Waals surface area contributed by atoms with Crippen LogP contribution in [0.15, 0.2) is 41.9 Å². The number of hydrogen-bond acceptors (Lipinski definition) is 5. The third kappa shape index (κ3) is 3.68. The maximum absolute atomic E-state index is 14.2. The number of ether oxygens (including phenoxy) is 1. The molecule has 1 aliphatic rings. The number of pyridine rings is 1. The zero-order valence-corrected chi connectivity index (χ0v) is 17.7. The Morgan fingerprint density at radius 3 is 2.67 bits per heavy atom. The first-order chi connectivity index (χ1) is 15.6. The van der Waals surface area contributed by atoms with Crippen LogP contribution in [0.4, 0.5) is 32.6 Å². The summed E-state index contributed by atoms with van der Waals surface area (Å²) in [5.74, 6) is -2.02. The molecule has 0 bridgehead atoms. The smallest absolute Gasteiger partial charge is 0.417 e. The van der Waals surface area contributed by atoms with Gasteiger partial charge in [0.05, 0.1) is 16.8 Å². The first-order valence-corrected chi connectivity index (χ1v) is 10.5. The van der Waals surface area contributed by atoms with Crippen molar-refractivity contribution in [3.63, 3.8) is 0 Å². The number of anilines is 1. The fourth-order valence-electron chi connectivity index (χ4n) is 3.60. The summed E-state index contributed by atoms with van der Waals surface area (Å²) in [7, 11) is 0. The lowest BCUT2D eigenvalue weighted by molar-refractivity contribution is -0.136. The molecule has 6 nitrogen and oxygen atoms in total. The van der Waals surface area contributed by atoms with Gasteiger partial charge in [0.1, 0.15) is 34.9 Å². The van der Waals surface area contributed by atoms with Gasteiger partial charge in [-0.1, -0.05) is 11.6 Å². The van der Waals surface area contributed by atoms with Crippen molar-refractivity contribution in [2.24, 2.45) is 0 Å². The van der Waals surface area contributed by atoms with Gasteiger partial charge in [-0.25, -0.2) is 24.1 Å². The predicted molar refractivity (Wildman–Crippen MR) is 110 cm³/mol. The van der Waals surface area contributed by atoms with Crippen molar-refractivity contribution in [3.05, 3.63) is 70.1 Å². The second-order valence-corrected chi connectivity index (χ2v) is 8.32. The topological polar surface area (TPSA) is 60.2 Å². The number of carbonyl (C=O) groups excluding carboxylic acids is 1. The van der Waals surface area contributed by atoms with Gasteiger partial charge in [-0.3, -0.25) is 4.57 Å².